The maximum absolute atomic E-state index is 11.9. The molecular weight excluding hydrogens is 218 g/mol. The van der Waals surface area contributed by atoms with Crippen LogP contribution in [0, 0.1) is 6.92 Å². The van der Waals surface area contributed by atoms with Crippen LogP contribution in [-0.2, 0) is 9.47 Å². The molecule has 0 saturated carbocycles. The number of benzene rings is 1. The molecule has 0 amide bonds. The van der Waals surface area contributed by atoms with E-state index in [4.69, 9.17) is 15.2 Å². The molecule has 0 aromatic heterocycles. The highest BCUT2D eigenvalue weighted by Crippen LogP contribution is 2.18. The van der Waals surface area contributed by atoms with Crippen LogP contribution in [0.1, 0.15) is 28.8 Å². The number of hydrogen-bond acceptors (Lipinski definition) is 4. The van der Waals surface area contributed by atoms with E-state index < -0.39 is 0 Å². The first kappa shape index (κ1) is 11.9. The minimum atomic E-state index is -0.360. The normalized spacial score (nSPS) is 19.9. The standard InChI is InChI=1S/C13H17NO3/c1-9-4-5-12(14)11(7-9)13(15)17-10-3-2-6-16-8-10/h4-5,7,10H,2-3,6,8,14H2,1H3. The molecular formula is C13H17NO3. The molecule has 1 aliphatic rings. The molecule has 1 fully saturated rings. The fraction of sp³-hybridized carbons (Fsp3) is 0.462. The van der Waals surface area contributed by atoms with Crippen LogP contribution in [0.2, 0.25) is 0 Å². The highest BCUT2D eigenvalue weighted by atomic mass is 16.6. The van der Waals surface area contributed by atoms with Crippen molar-refractivity contribution in [3.05, 3.63) is 29.3 Å². The summed E-state index contributed by atoms with van der Waals surface area (Å²) in [5.74, 6) is -0.360. The number of esters is 1. The zero-order chi connectivity index (χ0) is 12.3. The number of rotatable bonds is 2. The van der Waals surface area contributed by atoms with E-state index >= 15 is 0 Å². The first-order valence-electron chi connectivity index (χ1n) is 5.81. The van der Waals surface area contributed by atoms with Gasteiger partial charge in [-0.2, -0.15) is 0 Å². The zero-order valence-electron chi connectivity index (χ0n) is 9.94. The number of ether oxygens (including phenoxy) is 2. The highest BCUT2D eigenvalue weighted by Gasteiger charge is 2.20. The molecule has 2 N–H and O–H groups in total. The molecule has 1 atom stereocenters. The molecule has 0 bridgehead atoms. The number of carbonyl (C=O) groups is 1. The number of aryl methyl sites for hydroxylation is 1. The number of nitrogens with two attached hydrogens (primary N) is 1. The van der Waals surface area contributed by atoms with Gasteiger partial charge in [-0.1, -0.05) is 11.6 Å². The van der Waals surface area contributed by atoms with E-state index in [0.717, 1.165) is 25.0 Å². The van der Waals surface area contributed by atoms with Gasteiger partial charge in [-0.15, -0.1) is 0 Å². The van der Waals surface area contributed by atoms with Crippen LogP contribution in [0.4, 0.5) is 5.69 Å². The summed E-state index contributed by atoms with van der Waals surface area (Å²) in [6, 6.07) is 5.35. The third-order valence-corrected chi connectivity index (χ3v) is 2.82. The molecule has 1 aromatic rings. The van der Waals surface area contributed by atoms with Gasteiger partial charge in [0.2, 0.25) is 0 Å². The Balaban J connectivity index is 2.05. The van der Waals surface area contributed by atoms with Crippen LogP contribution in [0.15, 0.2) is 18.2 Å². The Morgan fingerprint density at radius 1 is 1.53 bits per heavy atom. The molecule has 17 heavy (non-hydrogen) atoms. The third-order valence-electron chi connectivity index (χ3n) is 2.82. The van der Waals surface area contributed by atoms with E-state index in [-0.39, 0.29) is 12.1 Å². The van der Waals surface area contributed by atoms with Gasteiger partial charge in [0, 0.05) is 12.3 Å². The van der Waals surface area contributed by atoms with Gasteiger partial charge in [-0.3, -0.25) is 0 Å². The molecule has 1 aromatic carbocycles. The highest BCUT2D eigenvalue weighted by molar-refractivity contribution is 5.95. The number of hydrogen-bond donors (Lipinski definition) is 1. The average molecular weight is 235 g/mol. The lowest BCUT2D eigenvalue weighted by Gasteiger charge is -2.22. The summed E-state index contributed by atoms with van der Waals surface area (Å²) in [5.41, 5.74) is 7.65. The number of nitrogen functional groups attached to an aromatic ring is 1. The van der Waals surface area contributed by atoms with Crippen molar-refractivity contribution < 1.29 is 14.3 Å². The Morgan fingerprint density at radius 2 is 2.35 bits per heavy atom. The van der Waals surface area contributed by atoms with Gasteiger partial charge in [0.1, 0.15) is 6.10 Å². The lowest BCUT2D eigenvalue weighted by atomic mass is 10.1. The van der Waals surface area contributed by atoms with E-state index in [0.29, 0.717) is 17.9 Å². The van der Waals surface area contributed by atoms with Gasteiger partial charge in [0.25, 0.3) is 0 Å². The van der Waals surface area contributed by atoms with Crippen molar-refractivity contribution >= 4 is 11.7 Å². The van der Waals surface area contributed by atoms with Gasteiger partial charge in [0.05, 0.1) is 12.2 Å². The molecule has 1 saturated heterocycles. The Morgan fingerprint density at radius 3 is 3.06 bits per heavy atom. The van der Waals surface area contributed by atoms with Gasteiger partial charge < -0.3 is 15.2 Å². The SMILES string of the molecule is Cc1ccc(N)c(C(=O)OC2CCCOC2)c1. The van der Waals surface area contributed by atoms with Crippen molar-refractivity contribution in [2.75, 3.05) is 18.9 Å². The van der Waals surface area contributed by atoms with Gasteiger partial charge in [-0.25, -0.2) is 4.79 Å². The summed E-state index contributed by atoms with van der Waals surface area (Å²) in [6.45, 7) is 3.15. The molecule has 0 aliphatic carbocycles. The van der Waals surface area contributed by atoms with Crippen molar-refractivity contribution in [1.82, 2.24) is 0 Å². The molecule has 4 nitrogen and oxygen atoms in total. The lowest BCUT2D eigenvalue weighted by molar-refractivity contribution is -0.0305. The quantitative estimate of drug-likeness (QED) is 0.628. The van der Waals surface area contributed by atoms with Crippen LogP contribution >= 0.6 is 0 Å². The summed E-state index contributed by atoms with van der Waals surface area (Å²) in [6.07, 6.45) is 1.65. The second-order valence-corrected chi connectivity index (χ2v) is 4.34. The molecule has 0 spiro atoms. The smallest absolute Gasteiger partial charge is 0.340 e. The fourth-order valence-electron chi connectivity index (χ4n) is 1.87. The Labute approximate surface area is 101 Å². The zero-order valence-corrected chi connectivity index (χ0v) is 9.94. The monoisotopic (exact) mass is 235 g/mol. The van der Waals surface area contributed by atoms with Gasteiger partial charge >= 0.3 is 5.97 Å². The second kappa shape index (κ2) is 5.19. The maximum Gasteiger partial charge on any atom is 0.340 e. The maximum atomic E-state index is 11.9. The van der Waals surface area contributed by atoms with Crippen LogP contribution in [0.5, 0.6) is 0 Å². The minimum Gasteiger partial charge on any atom is -0.456 e. The van der Waals surface area contributed by atoms with Crippen LogP contribution in [-0.4, -0.2) is 25.3 Å². The number of carbonyl (C=O) groups excluding carboxylic acids is 1. The second-order valence-electron chi connectivity index (χ2n) is 4.34. The largest absolute Gasteiger partial charge is 0.456 e. The van der Waals surface area contributed by atoms with Gasteiger partial charge in [-0.05, 0) is 31.9 Å². The Hall–Kier alpha value is -1.55. The van der Waals surface area contributed by atoms with E-state index in [9.17, 15) is 4.79 Å². The molecule has 1 aliphatic heterocycles. The van der Waals surface area contributed by atoms with E-state index in [1.807, 2.05) is 13.0 Å². The summed E-state index contributed by atoms with van der Waals surface area (Å²) < 4.78 is 10.6. The van der Waals surface area contributed by atoms with Crippen molar-refractivity contribution in [2.45, 2.75) is 25.9 Å². The summed E-state index contributed by atoms with van der Waals surface area (Å²) in [5, 5.41) is 0. The molecule has 1 heterocycles. The lowest BCUT2D eigenvalue weighted by Crippen LogP contribution is -2.28. The first-order chi connectivity index (χ1) is 8.16. The predicted molar refractivity (Wildman–Crippen MR) is 64.8 cm³/mol. The van der Waals surface area contributed by atoms with Crippen molar-refractivity contribution in [1.29, 1.82) is 0 Å². The van der Waals surface area contributed by atoms with Crippen molar-refractivity contribution in [3.63, 3.8) is 0 Å². The minimum absolute atomic E-state index is 0.142. The fourth-order valence-corrected chi connectivity index (χ4v) is 1.87. The summed E-state index contributed by atoms with van der Waals surface area (Å²) in [4.78, 5) is 11.9. The molecule has 4 heteroatoms. The molecule has 0 radical (unpaired) electrons. The average Bonchev–Trinajstić information content (AvgIpc) is 2.33. The van der Waals surface area contributed by atoms with Gasteiger partial charge in [0.15, 0.2) is 0 Å². The Bertz CT molecular complexity index is 411. The van der Waals surface area contributed by atoms with Crippen LogP contribution < -0.4 is 5.73 Å². The predicted octanol–water partition coefficient (Wildman–Crippen LogP) is 1.91. The Kier molecular flexibility index (Phi) is 3.64. The topological polar surface area (TPSA) is 61.6 Å². The molecule has 1 unspecified atom stereocenters. The van der Waals surface area contributed by atoms with Crippen molar-refractivity contribution in [2.24, 2.45) is 0 Å². The van der Waals surface area contributed by atoms with E-state index in [1.54, 1.807) is 12.1 Å². The van der Waals surface area contributed by atoms with Crippen molar-refractivity contribution in [3.8, 4) is 0 Å². The molecule has 2 rings (SSSR count). The first-order valence-corrected chi connectivity index (χ1v) is 5.81. The van der Waals surface area contributed by atoms with E-state index in [1.165, 1.54) is 0 Å². The third kappa shape index (κ3) is 2.97. The van der Waals surface area contributed by atoms with E-state index in [2.05, 4.69) is 0 Å². The van der Waals surface area contributed by atoms with Crippen LogP contribution in [0.25, 0.3) is 0 Å². The molecule has 92 valence electrons. The number of anilines is 1. The van der Waals surface area contributed by atoms with Crippen LogP contribution in [0.3, 0.4) is 0 Å². The summed E-state index contributed by atoms with van der Waals surface area (Å²) >= 11 is 0. The summed E-state index contributed by atoms with van der Waals surface area (Å²) in [7, 11) is 0.